The molecule has 0 spiro atoms. The molecule has 0 bridgehead atoms. The lowest BCUT2D eigenvalue weighted by Crippen LogP contribution is -2.23. The summed E-state index contributed by atoms with van der Waals surface area (Å²) in [6, 6.07) is 7.85. The van der Waals surface area contributed by atoms with E-state index in [0.717, 1.165) is 22.8 Å². The second kappa shape index (κ2) is 5.57. The van der Waals surface area contributed by atoms with Crippen LogP contribution in [0.25, 0.3) is 0 Å². The number of aromatic nitrogens is 3. The van der Waals surface area contributed by atoms with Gasteiger partial charge in [0.25, 0.3) is 0 Å². The first kappa shape index (κ1) is 14.4. The van der Waals surface area contributed by atoms with Gasteiger partial charge in [-0.05, 0) is 38.0 Å². The number of methoxy groups -OCH3 is 1. The molecule has 0 fully saturated rings. The molecule has 2 aromatic rings. The molecule has 0 aliphatic rings. The van der Waals surface area contributed by atoms with Crippen molar-refractivity contribution < 1.29 is 4.74 Å². The summed E-state index contributed by atoms with van der Waals surface area (Å²) in [6.07, 6.45) is 1.76. The molecule has 0 aliphatic carbocycles. The summed E-state index contributed by atoms with van der Waals surface area (Å²) < 4.78 is 5.26. The molecule has 4 heteroatoms. The van der Waals surface area contributed by atoms with Gasteiger partial charge in [-0.3, -0.25) is 4.98 Å². The summed E-state index contributed by atoms with van der Waals surface area (Å²) in [6.45, 7) is 8.40. The zero-order valence-electron chi connectivity index (χ0n) is 12.7. The summed E-state index contributed by atoms with van der Waals surface area (Å²) in [5.41, 5.74) is 2.52. The fraction of sp³-hybridized carbons (Fsp3) is 0.438. The van der Waals surface area contributed by atoms with Crippen LogP contribution in [0.3, 0.4) is 0 Å². The van der Waals surface area contributed by atoms with Gasteiger partial charge in [-0.1, -0.05) is 13.8 Å². The second-order valence-corrected chi connectivity index (χ2v) is 5.70. The molecule has 0 saturated heterocycles. The van der Waals surface area contributed by atoms with Gasteiger partial charge in [0.2, 0.25) is 0 Å². The lowest BCUT2D eigenvalue weighted by Gasteiger charge is -2.23. The Morgan fingerprint density at radius 1 is 1.05 bits per heavy atom. The Hall–Kier alpha value is -1.97. The van der Waals surface area contributed by atoms with E-state index in [-0.39, 0.29) is 5.41 Å². The Balaban J connectivity index is 2.37. The molecule has 0 atom stereocenters. The molecule has 0 radical (unpaired) electrons. The van der Waals surface area contributed by atoms with Crippen molar-refractivity contribution in [2.75, 3.05) is 7.11 Å². The molecule has 4 nitrogen and oxygen atoms in total. The molecular weight excluding hydrogens is 250 g/mol. The highest BCUT2D eigenvalue weighted by molar-refractivity contribution is 5.33. The van der Waals surface area contributed by atoms with Crippen LogP contribution in [0.1, 0.15) is 50.7 Å². The minimum Gasteiger partial charge on any atom is -0.497 e. The van der Waals surface area contributed by atoms with Crippen LogP contribution in [0, 0.1) is 0 Å². The van der Waals surface area contributed by atoms with Crippen molar-refractivity contribution in [1.29, 1.82) is 0 Å². The first-order valence-electron chi connectivity index (χ1n) is 6.79. The summed E-state index contributed by atoms with van der Waals surface area (Å²) in [4.78, 5) is 4.45. The summed E-state index contributed by atoms with van der Waals surface area (Å²) >= 11 is 0. The first-order chi connectivity index (χ1) is 9.45. The van der Waals surface area contributed by atoms with E-state index in [2.05, 4.69) is 42.9 Å². The minimum atomic E-state index is -0.308. The smallest absolute Gasteiger partial charge is 0.122 e. The summed E-state index contributed by atoms with van der Waals surface area (Å²) in [7, 11) is 1.66. The van der Waals surface area contributed by atoms with E-state index in [9.17, 15) is 0 Å². The summed E-state index contributed by atoms with van der Waals surface area (Å²) in [5.74, 6) is 1.18. The molecule has 2 aromatic heterocycles. The van der Waals surface area contributed by atoms with Crippen LogP contribution >= 0.6 is 0 Å². The predicted molar refractivity (Wildman–Crippen MR) is 79.0 cm³/mol. The lowest BCUT2D eigenvalue weighted by atomic mass is 9.84. The maximum Gasteiger partial charge on any atom is 0.122 e. The van der Waals surface area contributed by atoms with Gasteiger partial charge in [0.15, 0.2) is 0 Å². The fourth-order valence-electron chi connectivity index (χ4n) is 1.99. The Labute approximate surface area is 120 Å². The quantitative estimate of drug-likeness (QED) is 0.855. The number of ether oxygens (including phenoxy) is 1. The highest BCUT2D eigenvalue weighted by atomic mass is 16.5. The van der Waals surface area contributed by atoms with Crippen LogP contribution in [0.5, 0.6) is 5.75 Å². The third kappa shape index (κ3) is 2.79. The molecule has 2 heterocycles. The molecule has 0 unspecified atom stereocenters. The van der Waals surface area contributed by atoms with Gasteiger partial charge < -0.3 is 4.74 Å². The van der Waals surface area contributed by atoms with Crippen molar-refractivity contribution in [1.82, 2.24) is 15.2 Å². The molecule has 0 aromatic carbocycles. The average Bonchev–Trinajstić information content (AvgIpc) is 2.47. The maximum absolute atomic E-state index is 5.26. The highest BCUT2D eigenvalue weighted by Crippen LogP contribution is 2.30. The van der Waals surface area contributed by atoms with Gasteiger partial charge in [0.1, 0.15) is 5.75 Å². The van der Waals surface area contributed by atoms with Crippen molar-refractivity contribution in [3.05, 3.63) is 47.5 Å². The van der Waals surface area contributed by atoms with Crippen molar-refractivity contribution in [2.24, 2.45) is 0 Å². The van der Waals surface area contributed by atoms with Crippen LogP contribution in [0.2, 0.25) is 0 Å². The number of nitrogens with zero attached hydrogens (tertiary/aromatic N) is 3. The van der Waals surface area contributed by atoms with Gasteiger partial charge in [0.05, 0.1) is 29.6 Å². The Morgan fingerprint density at radius 3 is 2.35 bits per heavy atom. The molecular formula is C16H21N3O. The van der Waals surface area contributed by atoms with E-state index in [1.165, 1.54) is 0 Å². The molecule has 0 aliphatic heterocycles. The zero-order chi connectivity index (χ0) is 14.8. The number of rotatable bonds is 4. The SMILES string of the molecule is COc1ccnc(C(C)(C)c2ccc(C(C)C)nn2)c1. The van der Waals surface area contributed by atoms with Gasteiger partial charge >= 0.3 is 0 Å². The van der Waals surface area contributed by atoms with Gasteiger partial charge in [-0.25, -0.2) is 0 Å². The molecule has 20 heavy (non-hydrogen) atoms. The average molecular weight is 271 g/mol. The van der Waals surface area contributed by atoms with Crippen molar-refractivity contribution in [3.63, 3.8) is 0 Å². The van der Waals surface area contributed by atoms with E-state index in [1.807, 2.05) is 24.3 Å². The largest absolute Gasteiger partial charge is 0.497 e. The monoisotopic (exact) mass is 271 g/mol. The molecule has 0 saturated carbocycles. The van der Waals surface area contributed by atoms with E-state index in [4.69, 9.17) is 4.74 Å². The van der Waals surface area contributed by atoms with Gasteiger partial charge in [0, 0.05) is 12.3 Å². The van der Waals surface area contributed by atoms with E-state index >= 15 is 0 Å². The number of pyridine rings is 1. The van der Waals surface area contributed by atoms with E-state index < -0.39 is 0 Å². The third-order valence-electron chi connectivity index (χ3n) is 3.52. The Morgan fingerprint density at radius 2 is 1.80 bits per heavy atom. The highest BCUT2D eigenvalue weighted by Gasteiger charge is 2.27. The van der Waals surface area contributed by atoms with E-state index in [0.29, 0.717) is 5.92 Å². The minimum absolute atomic E-state index is 0.308. The molecule has 106 valence electrons. The molecule has 0 N–H and O–H groups in total. The summed E-state index contributed by atoms with van der Waals surface area (Å²) in [5, 5.41) is 8.68. The van der Waals surface area contributed by atoms with Crippen LogP contribution in [-0.2, 0) is 5.41 Å². The molecule has 2 rings (SSSR count). The number of hydrogen-bond acceptors (Lipinski definition) is 4. The Kier molecular flexibility index (Phi) is 4.02. The zero-order valence-corrected chi connectivity index (χ0v) is 12.7. The van der Waals surface area contributed by atoms with Gasteiger partial charge in [-0.2, -0.15) is 10.2 Å². The van der Waals surface area contributed by atoms with Gasteiger partial charge in [-0.15, -0.1) is 0 Å². The standard InChI is InChI=1S/C16H21N3O/c1-11(2)13-6-7-14(19-18-13)16(3,4)15-10-12(20-5)8-9-17-15/h6-11H,1-5H3. The second-order valence-electron chi connectivity index (χ2n) is 5.70. The molecule has 0 amide bonds. The fourth-order valence-corrected chi connectivity index (χ4v) is 1.99. The van der Waals surface area contributed by atoms with Crippen LogP contribution in [0.15, 0.2) is 30.5 Å². The van der Waals surface area contributed by atoms with Crippen molar-refractivity contribution in [2.45, 2.75) is 39.0 Å². The van der Waals surface area contributed by atoms with Crippen molar-refractivity contribution >= 4 is 0 Å². The third-order valence-corrected chi connectivity index (χ3v) is 3.52. The normalized spacial score (nSPS) is 11.7. The predicted octanol–water partition coefficient (Wildman–Crippen LogP) is 3.33. The van der Waals surface area contributed by atoms with Crippen LogP contribution in [-0.4, -0.2) is 22.3 Å². The van der Waals surface area contributed by atoms with Crippen molar-refractivity contribution in [3.8, 4) is 5.75 Å². The topological polar surface area (TPSA) is 47.9 Å². The van der Waals surface area contributed by atoms with Crippen LogP contribution < -0.4 is 4.74 Å². The maximum atomic E-state index is 5.26. The Bertz CT molecular complexity index is 577. The first-order valence-corrected chi connectivity index (χ1v) is 6.79. The van der Waals surface area contributed by atoms with E-state index in [1.54, 1.807) is 13.3 Å². The lowest BCUT2D eigenvalue weighted by molar-refractivity contribution is 0.411. The number of hydrogen-bond donors (Lipinski definition) is 0. The van der Waals surface area contributed by atoms with Crippen LogP contribution in [0.4, 0.5) is 0 Å².